The monoisotopic (exact) mass is 233 g/mol. The van der Waals surface area contributed by atoms with Crippen LogP contribution in [0.1, 0.15) is 11.7 Å². The van der Waals surface area contributed by atoms with Crippen molar-refractivity contribution in [2.45, 2.75) is 12.5 Å². The summed E-state index contributed by atoms with van der Waals surface area (Å²) < 4.78 is 39.4. The molecule has 16 heavy (non-hydrogen) atoms. The maximum atomic E-state index is 11.9. The van der Waals surface area contributed by atoms with Crippen molar-refractivity contribution in [2.24, 2.45) is 0 Å². The molecule has 1 aliphatic rings. The van der Waals surface area contributed by atoms with Gasteiger partial charge in [0.2, 0.25) is 0 Å². The Balaban J connectivity index is 2.31. The number of ether oxygens (including phenoxy) is 1. The molecule has 1 heterocycles. The molecule has 1 aromatic rings. The Hall–Kier alpha value is -1.76. The number of hydrogen-bond donors (Lipinski definition) is 2. The number of rotatable bonds is 1. The second kappa shape index (κ2) is 3.38. The molecule has 1 aromatic carbocycles. The largest absolute Gasteiger partial charge is 0.573 e. The van der Waals surface area contributed by atoms with Gasteiger partial charge in [-0.3, -0.25) is 4.79 Å². The first-order valence-corrected chi connectivity index (χ1v) is 4.25. The number of aliphatic hydroxyl groups excluding tert-OH is 1. The minimum absolute atomic E-state index is 0.0757. The summed E-state index contributed by atoms with van der Waals surface area (Å²) >= 11 is 0. The highest BCUT2D eigenvalue weighted by atomic mass is 19.4. The summed E-state index contributed by atoms with van der Waals surface area (Å²) in [4.78, 5) is 11.0. The van der Waals surface area contributed by atoms with Crippen LogP contribution in [0, 0.1) is 0 Å². The second-order valence-electron chi connectivity index (χ2n) is 3.19. The molecule has 0 aromatic heterocycles. The Morgan fingerprint density at radius 1 is 1.38 bits per heavy atom. The van der Waals surface area contributed by atoms with Crippen LogP contribution in [-0.4, -0.2) is 17.4 Å². The van der Waals surface area contributed by atoms with Gasteiger partial charge in [-0.15, -0.1) is 13.2 Å². The fraction of sp³-hybridized carbons (Fsp3) is 0.222. The SMILES string of the molecule is O=C1Nc2ccc(OC(F)(F)F)cc2[C@H]1O. The zero-order chi connectivity index (χ0) is 11.9. The zero-order valence-electron chi connectivity index (χ0n) is 7.71. The van der Waals surface area contributed by atoms with Crippen LogP contribution in [-0.2, 0) is 4.79 Å². The van der Waals surface area contributed by atoms with E-state index in [2.05, 4.69) is 10.1 Å². The summed E-state index contributed by atoms with van der Waals surface area (Å²) in [7, 11) is 0. The lowest BCUT2D eigenvalue weighted by molar-refractivity contribution is -0.274. The third kappa shape index (κ3) is 1.94. The molecule has 0 spiro atoms. The number of benzene rings is 1. The summed E-state index contributed by atoms with van der Waals surface area (Å²) in [6.07, 6.45) is -6.25. The number of fused-ring (bicyclic) bond motifs is 1. The molecule has 0 aliphatic carbocycles. The first-order chi connectivity index (χ1) is 7.37. The van der Waals surface area contributed by atoms with Crippen molar-refractivity contribution in [3.05, 3.63) is 23.8 Å². The van der Waals surface area contributed by atoms with Gasteiger partial charge in [0.1, 0.15) is 5.75 Å². The van der Waals surface area contributed by atoms with Crippen LogP contribution in [0.3, 0.4) is 0 Å². The van der Waals surface area contributed by atoms with Gasteiger partial charge in [-0.2, -0.15) is 0 Å². The van der Waals surface area contributed by atoms with Crippen molar-refractivity contribution < 1.29 is 27.8 Å². The molecule has 0 saturated heterocycles. The molecule has 1 amide bonds. The van der Waals surface area contributed by atoms with E-state index < -0.39 is 24.1 Å². The van der Waals surface area contributed by atoms with E-state index in [9.17, 15) is 23.1 Å². The van der Waals surface area contributed by atoms with E-state index in [4.69, 9.17) is 0 Å². The third-order valence-corrected chi connectivity index (χ3v) is 2.06. The molecular weight excluding hydrogens is 227 g/mol. The van der Waals surface area contributed by atoms with Crippen LogP contribution in [0.5, 0.6) is 5.75 Å². The lowest BCUT2D eigenvalue weighted by Gasteiger charge is -2.10. The third-order valence-electron chi connectivity index (χ3n) is 2.06. The zero-order valence-corrected chi connectivity index (χ0v) is 7.71. The average molecular weight is 233 g/mol. The maximum absolute atomic E-state index is 11.9. The molecule has 0 bridgehead atoms. The minimum Gasteiger partial charge on any atom is -0.406 e. The van der Waals surface area contributed by atoms with E-state index >= 15 is 0 Å². The number of anilines is 1. The molecule has 0 unspecified atom stereocenters. The topological polar surface area (TPSA) is 58.6 Å². The highest BCUT2D eigenvalue weighted by Gasteiger charge is 2.33. The quantitative estimate of drug-likeness (QED) is 0.774. The Labute approximate surface area is 87.6 Å². The lowest BCUT2D eigenvalue weighted by Crippen LogP contribution is -2.17. The molecule has 2 N–H and O–H groups in total. The number of aliphatic hydroxyl groups is 1. The van der Waals surface area contributed by atoms with Crippen LogP contribution in [0.4, 0.5) is 18.9 Å². The van der Waals surface area contributed by atoms with Gasteiger partial charge >= 0.3 is 6.36 Å². The van der Waals surface area contributed by atoms with Crippen molar-refractivity contribution in [1.29, 1.82) is 0 Å². The highest BCUT2D eigenvalue weighted by molar-refractivity contribution is 6.01. The van der Waals surface area contributed by atoms with E-state index in [1.54, 1.807) is 0 Å². The van der Waals surface area contributed by atoms with Crippen molar-refractivity contribution in [3.63, 3.8) is 0 Å². The fourth-order valence-corrected chi connectivity index (χ4v) is 1.42. The van der Waals surface area contributed by atoms with Gasteiger partial charge in [0, 0.05) is 11.3 Å². The van der Waals surface area contributed by atoms with Crippen LogP contribution < -0.4 is 10.1 Å². The summed E-state index contributed by atoms with van der Waals surface area (Å²) in [5.74, 6) is -1.14. The molecule has 0 fully saturated rings. The Bertz CT molecular complexity index is 444. The molecule has 4 nitrogen and oxygen atoms in total. The predicted octanol–water partition coefficient (Wildman–Crippen LogP) is 1.57. The van der Waals surface area contributed by atoms with Crippen molar-refractivity contribution in [3.8, 4) is 5.75 Å². The Morgan fingerprint density at radius 3 is 2.69 bits per heavy atom. The van der Waals surface area contributed by atoms with Gasteiger partial charge in [-0.1, -0.05) is 0 Å². The summed E-state index contributed by atoms with van der Waals surface area (Å²) in [5, 5.41) is 11.6. The maximum Gasteiger partial charge on any atom is 0.573 e. The molecular formula is C9H6F3NO3. The standard InChI is InChI=1S/C9H6F3NO3/c10-9(11,12)16-4-1-2-6-5(3-4)7(14)8(15)13-6/h1-3,7,14H,(H,13,15)/t7-/m1/s1. The average Bonchev–Trinajstić information content (AvgIpc) is 2.42. The second-order valence-corrected chi connectivity index (χ2v) is 3.19. The number of carbonyl (C=O) groups excluding carboxylic acids is 1. The predicted molar refractivity (Wildman–Crippen MR) is 46.7 cm³/mol. The van der Waals surface area contributed by atoms with Crippen LogP contribution in [0.25, 0.3) is 0 Å². The van der Waals surface area contributed by atoms with Crippen LogP contribution in [0.2, 0.25) is 0 Å². The van der Waals surface area contributed by atoms with E-state index in [1.807, 2.05) is 0 Å². The Kier molecular flexibility index (Phi) is 2.27. The van der Waals surface area contributed by atoms with E-state index in [0.29, 0.717) is 0 Å². The highest BCUT2D eigenvalue weighted by Crippen LogP contribution is 2.34. The molecule has 7 heteroatoms. The Morgan fingerprint density at radius 2 is 2.06 bits per heavy atom. The van der Waals surface area contributed by atoms with E-state index in [0.717, 1.165) is 12.1 Å². The summed E-state index contributed by atoms with van der Waals surface area (Å²) in [6.45, 7) is 0. The molecule has 1 aliphatic heterocycles. The first-order valence-electron chi connectivity index (χ1n) is 4.25. The molecule has 0 saturated carbocycles. The number of nitrogens with one attached hydrogen (secondary N) is 1. The number of carbonyl (C=O) groups is 1. The van der Waals surface area contributed by atoms with E-state index in [1.165, 1.54) is 6.07 Å². The molecule has 1 atom stereocenters. The molecule has 0 radical (unpaired) electrons. The van der Waals surface area contributed by atoms with E-state index in [-0.39, 0.29) is 11.3 Å². The minimum atomic E-state index is -4.80. The van der Waals surface area contributed by atoms with Crippen molar-refractivity contribution in [1.82, 2.24) is 0 Å². The number of amides is 1. The molecule has 86 valence electrons. The van der Waals surface area contributed by atoms with Gasteiger partial charge in [-0.25, -0.2) is 0 Å². The number of halogens is 3. The van der Waals surface area contributed by atoms with Gasteiger partial charge in [0.25, 0.3) is 5.91 Å². The lowest BCUT2D eigenvalue weighted by atomic mass is 10.1. The number of alkyl halides is 3. The van der Waals surface area contributed by atoms with Crippen molar-refractivity contribution >= 4 is 11.6 Å². The smallest absolute Gasteiger partial charge is 0.406 e. The first kappa shape index (κ1) is 10.7. The van der Waals surface area contributed by atoms with Gasteiger partial charge in [0.15, 0.2) is 6.10 Å². The number of hydrogen-bond acceptors (Lipinski definition) is 3. The van der Waals surface area contributed by atoms with Gasteiger partial charge in [0.05, 0.1) is 0 Å². The van der Waals surface area contributed by atoms with Gasteiger partial charge < -0.3 is 15.2 Å². The van der Waals surface area contributed by atoms with Crippen LogP contribution in [0.15, 0.2) is 18.2 Å². The normalized spacial score (nSPS) is 19.2. The molecule has 2 rings (SSSR count). The van der Waals surface area contributed by atoms with Crippen LogP contribution >= 0.6 is 0 Å². The van der Waals surface area contributed by atoms with Crippen molar-refractivity contribution in [2.75, 3.05) is 5.32 Å². The fourth-order valence-electron chi connectivity index (χ4n) is 1.42. The summed E-state index contributed by atoms with van der Waals surface area (Å²) in [5.41, 5.74) is 0.360. The summed E-state index contributed by atoms with van der Waals surface area (Å²) in [6, 6.07) is 3.28. The van der Waals surface area contributed by atoms with Gasteiger partial charge in [-0.05, 0) is 18.2 Å².